The fourth-order valence-electron chi connectivity index (χ4n) is 4.07. The van der Waals surface area contributed by atoms with Gasteiger partial charge in [-0.25, -0.2) is 19.9 Å². The third-order valence-corrected chi connectivity index (χ3v) is 6.14. The molecular weight excluding hydrogens is 497 g/mol. The average molecular weight is 521 g/mol. The molecule has 1 aliphatic rings. The number of alkyl halides is 3. The SMILES string of the molecule is CN1CCN(Cc2ccc(NC(=O)c3ccnc(C#Cc4cnc5nc[nH]c5c4)n3)cc2C(F)(F)F)CC1. The molecule has 1 fully saturated rings. The van der Waals surface area contributed by atoms with Crippen molar-refractivity contribution in [3.8, 4) is 11.8 Å². The number of amides is 1. The molecule has 12 heteroatoms. The molecule has 3 aromatic heterocycles. The summed E-state index contributed by atoms with van der Waals surface area (Å²) in [6, 6.07) is 6.98. The molecule has 0 spiro atoms. The molecule has 1 amide bonds. The number of hydrogen-bond donors (Lipinski definition) is 2. The Kier molecular flexibility index (Phi) is 7.04. The first-order valence-electron chi connectivity index (χ1n) is 11.8. The number of anilines is 1. The number of fused-ring (bicyclic) bond motifs is 1. The highest BCUT2D eigenvalue weighted by atomic mass is 19.4. The van der Waals surface area contributed by atoms with Crippen LogP contribution in [0.5, 0.6) is 0 Å². The largest absolute Gasteiger partial charge is 0.416 e. The molecule has 194 valence electrons. The molecule has 38 heavy (non-hydrogen) atoms. The highest BCUT2D eigenvalue weighted by molar-refractivity contribution is 6.02. The van der Waals surface area contributed by atoms with Crippen molar-refractivity contribution in [2.24, 2.45) is 0 Å². The number of halogens is 3. The zero-order valence-electron chi connectivity index (χ0n) is 20.4. The van der Waals surface area contributed by atoms with Crippen LogP contribution in [-0.4, -0.2) is 73.9 Å². The molecule has 1 aliphatic heterocycles. The van der Waals surface area contributed by atoms with Gasteiger partial charge in [-0.3, -0.25) is 9.69 Å². The van der Waals surface area contributed by atoms with Crippen LogP contribution in [-0.2, 0) is 12.7 Å². The van der Waals surface area contributed by atoms with Crippen LogP contribution in [0.4, 0.5) is 18.9 Å². The number of H-pyrrole nitrogens is 1. The molecule has 0 saturated carbocycles. The van der Waals surface area contributed by atoms with Crippen LogP contribution in [0.25, 0.3) is 11.2 Å². The molecule has 0 radical (unpaired) electrons. The Labute approximate surface area is 216 Å². The number of piperazine rings is 1. The summed E-state index contributed by atoms with van der Waals surface area (Å²) >= 11 is 0. The number of imidazole rings is 1. The van der Waals surface area contributed by atoms with Crippen molar-refractivity contribution in [3.05, 3.63) is 77.3 Å². The van der Waals surface area contributed by atoms with E-state index in [0.29, 0.717) is 24.3 Å². The van der Waals surface area contributed by atoms with Gasteiger partial charge in [0.15, 0.2) is 5.65 Å². The number of carbonyl (C=O) groups is 1. The van der Waals surface area contributed by atoms with E-state index in [-0.39, 0.29) is 29.3 Å². The van der Waals surface area contributed by atoms with Gasteiger partial charge < -0.3 is 15.2 Å². The molecule has 0 bridgehead atoms. The molecule has 4 heterocycles. The Hall–Kier alpha value is -4.34. The minimum absolute atomic E-state index is 0.0228. The molecule has 1 aromatic carbocycles. The number of carbonyl (C=O) groups excluding carboxylic acids is 1. The van der Waals surface area contributed by atoms with Crippen LogP contribution in [0.3, 0.4) is 0 Å². The lowest BCUT2D eigenvalue weighted by Crippen LogP contribution is -2.44. The van der Waals surface area contributed by atoms with Gasteiger partial charge in [0.2, 0.25) is 5.82 Å². The maximum atomic E-state index is 13.9. The summed E-state index contributed by atoms with van der Waals surface area (Å²) in [7, 11) is 1.99. The third-order valence-electron chi connectivity index (χ3n) is 6.14. The fourth-order valence-corrected chi connectivity index (χ4v) is 4.07. The first-order chi connectivity index (χ1) is 18.2. The van der Waals surface area contributed by atoms with Crippen molar-refractivity contribution < 1.29 is 18.0 Å². The van der Waals surface area contributed by atoms with E-state index >= 15 is 0 Å². The van der Waals surface area contributed by atoms with Crippen molar-refractivity contribution in [3.63, 3.8) is 0 Å². The summed E-state index contributed by atoms with van der Waals surface area (Å²) < 4.78 is 41.6. The molecule has 5 rings (SSSR count). The van der Waals surface area contributed by atoms with Gasteiger partial charge in [-0.05, 0) is 42.8 Å². The molecule has 1 saturated heterocycles. The number of nitrogens with one attached hydrogen (secondary N) is 2. The Bertz CT molecular complexity index is 1530. The third kappa shape index (κ3) is 5.96. The van der Waals surface area contributed by atoms with Crippen LogP contribution in [0, 0.1) is 11.8 Å². The van der Waals surface area contributed by atoms with E-state index in [2.05, 4.69) is 47.0 Å². The van der Waals surface area contributed by atoms with Gasteiger partial charge in [0.1, 0.15) is 5.69 Å². The van der Waals surface area contributed by atoms with E-state index in [9.17, 15) is 18.0 Å². The van der Waals surface area contributed by atoms with Gasteiger partial charge in [-0.1, -0.05) is 12.0 Å². The monoisotopic (exact) mass is 520 g/mol. The highest BCUT2D eigenvalue weighted by Gasteiger charge is 2.34. The molecule has 4 aromatic rings. The number of aromatic nitrogens is 5. The van der Waals surface area contributed by atoms with E-state index in [4.69, 9.17) is 0 Å². The lowest BCUT2D eigenvalue weighted by atomic mass is 10.0. The van der Waals surface area contributed by atoms with E-state index in [1.165, 1.54) is 30.7 Å². The van der Waals surface area contributed by atoms with Gasteiger partial charge in [-0.2, -0.15) is 13.2 Å². The maximum Gasteiger partial charge on any atom is 0.416 e. The van der Waals surface area contributed by atoms with Crippen molar-refractivity contribution >= 4 is 22.8 Å². The number of pyridine rings is 1. The van der Waals surface area contributed by atoms with Crippen LogP contribution in [0.1, 0.15) is 33.0 Å². The topological polar surface area (TPSA) is 103 Å². The van der Waals surface area contributed by atoms with Crippen LogP contribution in [0.15, 0.2) is 49.1 Å². The second kappa shape index (κ2) is 10.6. The smallest absolute Gasteiger partial charge is 0.343 e. The van der Waals surface area contributed by atoms with E-state index in [1.54, 1.807) is 12.3 Å². The number of likely N-dealkylation sites (N-methyl/N-ethyl adjacent to an activating group) is 1. The van der Waals surface area contributed by atoms with Crippen LogP contribution < -0.4 is 5.32 Å². The lowest BCUT2D eigenvalue weighted by molar-refractivity contribution is -0.138. The van der Waals surface area contributed by atoms with E-state index < -0.39 is 17.6 Å². The minimum atomic E-state index is -4.56. The molecular formula is C26H23F3N8O. The predicted octanol–water partition coefficient (Wildman–Crippen LogP) is 3.17. The molecule has 0 aliphatic carbocycles. The molecule has 0 unspecified atom stereocenters. The predicted molar refractivity (Wildman–Crippen MR) is 134 cm³/mol. The van der Waals surface area contributed by atoms with E-state index in [1.807, 2.05) is 11.9 Å². The van der Waals surface area contributed by atoms with Crippen molar-refractivity contribution in [2.45, 2.75) is 12.7 Å². The number of hydrogen-bond acceptors (Lipinski definition) is 7. The van der Waals surface area contributed by atoms with Gasteiger partial charge in [0, 0.05) is 56.4 Å². The summed E-state index contributed by atoms with van der Waals surface area (Å²) in [5.41, 5.74) is 1.27. The summed E-state index contributed by atoms with van der Waals surface area (Å²) in [4.78, 5) is 36.3. The lowest BCUT2D eigenvalue weighted by Gasteiger charge is -2.33. The molecule has 0 atom stereocenters. The summed E-state index contributed by atoms with van der Waals surface area (Å²) in [6.45, 7) is 3.18. The summed E-state index contributed by atoms with van der Waals surface area (Å²) in [6.07, 6.45) is -0.117. The highest BCUT2D eigenvalue weighted by Crippen LogP contribution is 2.34. The van der Waals surface area contributed by atoms with E-state index in [0.717, 1.165) is 24.7 Å². The second-order valence-electron chi connectivity index (χ2n) is 8.92. The first-order valence-corrected chi connectivity index (χ1v) is 11.8. The van der Waals surface area contributed by atoms with Crippen molar-refractivity contribution in [2.75, 3.05) is 38.5 Å². The van der Waals surface area contributed by atoms with Gasteiger partial charge >= 0.3 is 6.18 Å². The first kappa shape index (κ1) is 25.3. The fraction of sp³-hybridized carbons (Fsp3) is 0.269. The quantitative estimate of drug-likeness (QED) is 0.399. The van der Waals surface area contributed by atoms with Crippen molar-refractivity contribution in [1.29, 1.82) is 0 Å². The zero-order valence-corrected chi connectivity index (χ0v) is 20.4. The second-order valence-corrected chi connectivity index (χ2v) is 8.92. The van der Waals surface area contributed by atoms with Gasteiger partial charge in [0.05, 0.1) is 17.4 Å². The normalized spacial score (nSPS) is 14.7. The standard InChI is InChI=1S/C26H23F3N8O/c1-36-8-10-37(11-9-36)15-18-3-4-19(13-20(18)26(27,28)29)34-25(38)21-6-7-30-23(35-21)5-2-17-12-22-24(31-14-17)33-16-32-22/h3-4,6-7,12-14,16H,8-11,15H2,1H3,(H,34,38)(H,31,32,33). The molecule has 2 N–H and O–H groups in total. The maximum absolute atomic E-state index is 13.9. The Balaban J connectivity index is 1.31. The van der Waals surface area contributed by atoms with Crippen LogP contribution >= 0.6 is 0 Å². The minimum Gasteiger partial charge on any atom is -0.343 e. The number of nitrogens with zero attached hydrogens (tertiary/aromatic N) is 6. The zero-order chi connectivity index (χ0) is 26.7. The number of aromatic amines is 1. The summed E-state index contributed by atoms with van der Waals surface area (Å²) in [5, 5.41) is 2.51. The van der Waals surface area contributed by atoms with Crippen LogP contribution in [0.2, 0.25) is 0 Å². The van der Waals surface area contributed by atoms with Gasteiger partial charge in [-0.15, -0.1) is 0 Å². The van der Waals surface area contributed by atoms with Crippen molar-refractivity contribution in [1.82, 2.24) is 34.7 Å². The Morgan fingerprint density at radius 2 is 1.89 bits per heavy atom. The van der Waals surface area contributed by atoms with Gasteiger partial charge in [0.25, 0.3) is 5.91 Å². The Morgan fingerprint density at radius 1 is 1.08 bits per heavy atom. The number of benzene rings is 1. The number of rotatable bonds is 4. The average Bonchev–Trinajstić information content (AvgIpc) is 3.37. The summed E-state index contributed by atoms with van der Waals surface area (Å²) in [5.74, 6) is 5.06. The molecule has 9 nitrogen and oxygen atoms in total. The Morgan fingerprint density at radius 3 is 2.68 bits per heavy atom.